The minimum Gasteiger partial charge on any atom is -0.508 e. The predicted octanol–water partition coefficient (Wildman–Crippen LogP) is 2.46. The number of benzene rings is 2. The first-order valence-electron chi connectivity index (χ1n) is 26.3. The number of nitrogens with zero attached hydrogens (tertiary/aromatic N) is 6. The van der Waals surface area contributed by atoms with Gasteiger partial charge in [-0.1, -0.05) is 65.4 Å². The van der Waals surface area contributed by atoms with Crippen molar-refractivity contribution in [3.63, 3.8) is 0 Å². The zero-order valence-electron chi connectivity index (χ0n) is 45.6. The zero-order valence-corrected chi connectivity index (χ0v) is 47.2. The number of ketones is 1. The van der Waals surface area contributed by atoms with E-state index in [1.54, 1.807) is 23.0 Å². The highest BCUT2D eigenvalue weighted by molar-refractivity contribution is 7.91. The van der Waals surface area contributed by atoms with Crippen LogP contribution >= 0.6 is 11.3 Å². The number of amides is 5. The molecule has 0 aliphatic rings. The number of carbonyl (C=O) groups excluding carboxylic acids is 6. The Morgan fingerprint density at radius 1 is 0.735 bits per heavy atom. The van der Waals surface area contributed by atoms with Crippen LogP contribution in [0.3, 0.4) is 0 Å². The van der Waals surface area contributed by atoms with Crippen LogP contribution < -0.4 is 31.7 Å². The average molecular weight is 1200 g/mol. The minimum absolute atomic E-state index is 0.00392. The number of rotatable bonds is 37. The molecule has 10 N–H and O–H groups in total. The van der Waals surface area contributed by atoms with Gasteiger partial charge in [0, 0.05) is 62.3 Å². The van der Waals surface area contributed by atoms with E-state index in [2.05, 4.69) is 52.1 Å². The number of carboxylic acids is 2. The number of Topliss-reactive ketones (excluding diaryl/α,β-unsaturated/α-hetero) is 1. The van der Waals surface area contributed by atoms with E-state index in [1.165, 1.54) is 18.2 Å². The second-order valence-corrected chi connectivity index (χ2v) is 22.1. The third-order valence-corrected chi connectivity index (χ3v) is 15.0. The smallest absolute Gasteiger partial charge is 0.326 e. The Kier molecular flexibility index (Phi) is 25.7. The van der Waals surface area contributed by atoms with Crippen molar-refractivity contribution in [2.45, 2.75) is 125 Å². The van der Waals surface area contributed by atoms with E-state index in [4.69, 9.17) is 14.6 Å². The molecule has 0 radical (unpaired) electrons. The lowest BCUT2D eigenvalue weighted by Gasteiger charge is -2.31. The summed E-state index contributed by atoms with van der Waals surface area (Å²) in [5.74, 6) is -7.90. The number of aromatic hydroxyl groups is 1. The van der Waals surface area contributed by atoms with Crippen LogP contribution in [0.4, 0.5) is 9.52 Å². The molecule has 0 aliphatic carbocycles. The number of anilines is 1. The maximum atomic E-state index is 13.5. The van der Waals surface area contributed by atoms with Gasteiger partial charge in [0.1, 0.15) is 23.9 Å². The molecule has 3 heterocycles. The van der Waals surface area contributed by atoms with Crippen LogP contribution in [-0.4, -0.2) is 152 Å². The molecule has 1 unspecified atom stereocenters. The Morgan fingerprint density at radius 3 is 1.98 bits per heavy atom. The zero-order chi connectivity index (χ0) is 60.5. The number of aliphatic carboxylic acids is 2. The number of ether oxygens (including phenoxy) is 2. The van der Waals surface area contributed by atoms with E-state index in [9.17, 15) is 66.5 Å². The van der Waals surface area contributed by atoms with E-state index in [1.807, 2.05) is 38.1 Å². The molecule has 5 amide bonds. The first-order valence-corrected chi connectivity index (χ1v) is 28.7. The number of unbranched alkanes of at least 4 members (excludes halogenated alkanes) is 1. The second-order valence-electron chi connectivity index (χ2n) is 19.4. The molecule has 5 rings (SSSR count). The van der Waals surface area contributed by atoms with Gasteiger partial charge in [-0.2, -0.15) is 4.39 Å². The number of phenolic OH excluding ortho intramolecular Hbond substituents is 1. The van der Waals surface area contributed by atoms with Crippen molar-refractivity contribution in [3.8, 4) is 5.75 Å². The van der Waals surface area contributed by atoms with Gasteiger partial charge in [-0.3, -0.25) is 33.4 Å². The Labute approximate surface area is 480 Å². The number of phenols is 1. The van der Waals surface area contributed by atoms with Crippen LogP contribution in [0.25, 0.3) is 0 Å². The third-order valence-electron chi connectivity index (χ3n) is 12.9. The molecule has 27 nitrogen and oxygen atoms in total. The van der Waals surface area contributed by atoms with Crippen molar-refractivity contribution >= 4 is 73.7 Å². The molecule has 0 bridgehead atoms. The quantitative estimate of drug-likeness (QED) is 0.0119. The summed E-state index contributed by atoms with van der Waals surface area (Å²) < 4.78 is 48.1. The van der Waals surface area contributed by atoms with Crippen LogP contribution in [0.5, 0.6) is 5.75 Å². The average Bonchev–Trinajstić information content (AvgIpc) is 4.13. The normalized spacial score (nSPS) is 13.2. The maximum absolute atomic E-state index is 13.5. The fourth-order valence-corrected chi connectivity index (χ4v) is 9.62. The van der Waals surface area contributed by atoms with Gasteiger partial charge >= 0.3 is 11.9 Å². The molecule has 5 aromatic rings. The third kappa shape index (κ3) is 22.6. The van der Waals surface area contributed by atoms with Crippen LogP contribution in [0, 0.1) is 12.9 Å². The number of sulfonamides is 1. The predicted molar refractivity (Wildman–Crippen MR) is 294 cm³/mol. The standard InChI is InChI=1S/C53H67FN12O15S2/c1-33-11-14-35(15-12-33)53(2,36-16-18-38(67)19-17-36)22-21-45(70)59-40(49(74)75)29-47(72)60-41(50(76)77)30-46(71)58-39(48(73)56-23-26-81-28-27-80-25-6-9-42(68)34-13-20-43(54)57-31-34)8-3-4-24-66-32-37(62-65-66)7-5-10-44(69)61-51-63-64-52(82-51)83(55,78)79/h11-20,31-32,39-41,67H,3-10,21-30H2,1-2H3,(H,56,73)(H,58,71)(H,59,70)(H,60,72)(H,74,75)(H,76,77)(H2,55,78,79)(H,61,63,69)/t39-,40-,41-,53?/m0/s1. The van der Waals surface area contributed by atoms with Gasteiger partial charge in [-0.05, 0) is 87.3 Å². The summed E-state index contributed by atoms with van der Waals surface area (Å²) in [6.45, 7) is 4.75. The topological polar surface area (TPSA) is 405 Å². The van der Waals surface area contributed by atoms with Gasteiger partial charge in [-0.15, -0.1) is 15.3 Å². The highest BCUT2D eigenvalue weighted by atomic mass is 32.2. The lowest BCUT2D eigenvalue weighted by molar-refractivity contribution is -0.145. The van der Waals surface area contributed by atoms with Gasteiger partial charge in [0.15, 0.2) is 5.78 Å². The molecule has 0 aliphatic heterocycles. The first kappa shape index (κ1) is 65.6. The molecule has 0 fully saturated rings. The number of hydrogen-bond donors (Lipinski definition) is 9. The van der Waals surface area contributed by atoms with Gasteiger partial charge in [0.2, 0.25) is 45.0 Å². The summed E-state index contributed by atoms with van der Waals surface area (Å²) in [6, 6.07) is 11.7. The fourth-order valence-electron chi connectivity index (χ4n) is 8.27. The second kappa shape index (κ2) is 32.4. The summed E-state index contributed by atoms with van der Waals surface area (Å²) >= 11 is 0.612. The molecule has 0 saturated carbocycles. The van der Waals surface area contributed by atoms with Crippen LogP contribution in [0.1, 0.15) is 110 Å². The fraction of sp³-hybridized carbons (Fsp3) is 0.453. The largest absolute Gasteiger partial charge is 0.508 e. The van der Waals surface area contributed by atoms with E-state index in [0.29, 0.717) is 55.7 Å². The van der Waals surface area contributed by atoms with Crippen molar-refractivity contribution in [1.82, 2.24) is 51.4 Å². The molecular weight excluding hydrogens is 1130 g/mol. The number of carbonyl (C=O) groups is 8. The van der Waals surface area contributed by atoms with Crippen LogP contribution in [0.2, 0.25) is 0 Å². The summed E-state index contributed by atoms with van der Waals surface area (Å²) in [5.41, 5.74) is 2.73. The number of nitrogens with one attached hydrogen (secondary N) is 5. The lowest BCUT2D eigenvalue weighted by atomic mass is 9.73. The number of primary sulfonamides is 1. The van der Waals surface area contributed by atoms with Crippen molar-refractivity contribution in [2.24, 2.45) is 5.14 Å². The molecule has 4 atom stereocenters. The van der Waals surface area contributed by atoms with Gasteiger partial charge in [-0.25, -0.2) is 28.1 Å². The van der Waals surface area contributed by atoms with Crippen molar-refractivity contribution in [3.05, 3.63) is 107 Å². The highest BCUT2D eigenvalue weighted by Gasteiger charge is 2.33. The van der Waals surface area contributed by atoms with E-state index in [0.717, 1.165) is 29.0 Å². The first-order chi connectivity index (χ1) is 39.5. The van der Waals surface area contributed by atoms with Crippen molar-refractivity contribution < 1.29 is 76.0 Å². The van der Waals surface area contributed by atoms with Gasteiger partial charge < -0.3 is 51.4 Å². The minimum atomic E-state index is -4.07. The summed E-state index contributed by atoms with van der Waals surface area (Å²) in [4.78, 5) is 106. The number of halogens is 1. The van der Waals surface area contributed by atoms with E-state index >= 15 is 0 Å². The van der Waals surface area contributed by atoms with Gasteiger partial charge in [0.05, 0.1) is 38.4 Å². The maximum Gasteiger partial charge on any atom is 0.326 e. The summed E-state index contributed by atoms with van der Waals surface area (Å²) in [7, 11) is -4.07. The Morgan fingerprint density at radius 2 is 1.36 bits per heavy atom. The van der Waals surface area contributed by atoms with Crippen LogP contribution in [0.15, 0.2) is 77.4 Å². The van der Waals surface area contributed by atoms with Gasteiger partial charge in [0.25, 0.3) is 10.0 Å². The molecule has 3 aromatic heterocycles. The Bertz CT molecular complexity index is 3060. The monoisotopic (exact) mass is 1190 g/mol. The number of aromatic nitrogens is 6. The van der Waals surface area contributed by atoms with Crippen molar-refractivity contribution in [1.29, 1.82) is 0 Å². The number of hydrogen-bond acceptors (Lipinski definition) is 19. The summed E-state index contributed by atoms with van der Waals surface area (Å²) in [6.07, 6.45) is 3.23. The summed E-state index contributed by atoms with van der Waals surface area (Å²) in [5, 5.41) is 62.4. The Balaban J connectivity index is 1.11. The molecular formula is C53H67FN12O15S2. The number of pyridine rings is 1. The lowest BCUT2D eigenvalue weighted by Crippen LogP contribution is -2.51. The molecule has 83 heavy (non-hydrogen) atoms. The SMILES string of the molecule is Cc1ccc(C(C)(CCC(=O)N[C@@H](CC(=O)N[C@@H](CC(=O)N[C@@H](CCCCn2cc(CCCC(=O)Nc3nnc(S(N)(=O)=O)s3)nn2)C(=O)NCCOCCOCCCC(=O)c2ccc(F)nc2)C(=O)O)C(=O)O)c2ccc(O)cc2)cc1. The number of carboxylic acid groups (broad SMARTS) is 2. The number of aryl methyl sites for hydroxylation is 3. The molecule has 30 heteroatoms. The molecule has 0 spiro atoms. The number of nitrogens with two attached hydrogens (primary N) is 1. The van der Waals surface area contributed by atoms with Crippen LogP contribution in [-0.2, 0) is 71.4 Å². The molecule has 0 saturated heterocycles. The van der Waals surface area contributed by atoms with E-state index in [-0.39, 0.29) is 87.3 Å². The Hall–Kier alpha value is -8.19. The highest BCUT2D eigenvalue weighted by Crippen LogP contribution is 2.37. The van der Waals surface area contributed by atoms with Crippen molar-refractivity contribution in [2.75, 3.05) is 38.3 Å². The van der Waals surface area contributed by atoms with E-state index < -0.39 is 98.2 Å². The molecule has 448 valence electrons. The molecule has 2 aromatic carbocycles.